The van der Waals surface area contributed by atoms with Gasteiger partial charge in [-0.2, -0.15) is 0 Å². The number of carbonyl (C=O) groups is 1. The fourth-order valence-corrected chi connectivity index (χ4v) is 0.620. The van der Waals surface area contributed by atoms with Crippen LogP contribution in [0, 0.1) is 0 Å². The third kappa shape index (κ3) is 5.09. The van der Waals surface area contributed by atoms with Crippen molar-refractivity contribution in [1.82, 2.24) is 5.32 Å². The highest BCUT2D eigenvalue weighted by molar-refractivity contribution is 5.81. The number of aliphatic hydroxyl groups is 1. The largest absolute Gasteiger partial charge is 0.389 e. The van der Waals surface area contributed by atoms with Crippen LogP contribution in [0.1, 0.15) is 27.2 Å². The van der Waals surface area contributed by atoms with Gasteiger partial charge in [-0.05, 0) is 20.3 Å². The van der Waals surface area contributed by atoms with E-state index in [9.17, 15) is 9.90 Å². The molecule has 0 radical (unpaired) electrons. The van der Waals surface area contributed by atoms with Crippen molar-refractivity contribution in [3.05, 3.63) is 0 Å². The predicted octanol–water partition coefficient (Wildman–Crippen LogP) is -0.389. The van der Waals surface area contributed by atoms with Crippen LogP contribution in [-0.2, 0) is 4.79 Å². The van der Waals surface area contributed by atoms with Gasteiger partial charge >= 0.3 is 0 Å². The van der Waals surface area contributed by atoms with Gasteiger partial charge in [0.2, 0.25) is 5.91 Å². The van der Waals surface area contributed by atoms with Crippen molar-refractivity contribution in [2.45, 2.75) is 38.8 Å². The van der Waals surface area contributed by atoms with Crippen LogP contribution in [0.4, 0.5) is 0 Å². The van der Waals surface area contributed by atoms with E-state index in [1.807, 2.05) is 6.92 Å². The number of rotatable bonds is 4. The molecular weight excluding hydrogens is 156 g/mol. The first-order valence-corrected chi connectivity index (χ1v) is 4.12. The van der Waals surface area contributed by atoms with Crippen LogP contribution < -0.4 is 11.1 Å². The molecule has 0 heterocycles. The lowest BCUT2D eigenvalue weighted by Gasteiger charge is -2.19. The van der Waals surface area contributed by atoms with Gasteiger partial charge in [-0.1, -0.05) is 6.92 Å². The highest BCUT2D eigenvalue weighted by atomic mass is 16.3. The molecule has 1 atom stereocenters. The molecule has 0 aliphatic carbocycles. The van der Waals surface area contributed by atoms with Crippen molar-refractivity contribution >= 4 is 5.91 Å². The Balaban J connectivity index is 3.72. The van der Waals surface area contributed by atoms with Crippen molar-refractivity contribution in [3.63, 3.8) is 0 Å². The maximum Gasteiger partial charge on any atom is 0.237 e. The summed E-state index contributed by atoms with van der Waals surface area (Å²) >= 11 is 0. The van der Waals surface area contributed by atoms with Gasteiger partial charge in [0, 0.05) is 6.54 Å². The topological polar surface area (TPSA) is 75.4 Å². The highest BCUT2D eigenvalue weighted by Crippen LogP contribution is 1.97. The first-order valence-electron chi connectivity index (χ1n) is 4.12. The van der Waals surface area contributed by atoms with Crippen LogP contribution in [0.5, 0.6) is 0 Å². The zero-order chi connectivity index (χ0) is 9.78. The highest BCUT2D eigenvalue weighted by Gasteiger charge is 2.16. The lowest BCUT2D eigenvalue weighted by atomic mass is 10.1. The van der Waals surface area contributed by atoms with E-state index in [2.05, 4.69) is 5.32 Å². The van der Waals surface area contributed by atoms with E-state index in [4.69, 9.17) is 5.73 Å². The minimum Gasteiger partial charge on any atom is -0.389 e. The average Bonchev–Trinajstić information content (AvgIpc) is 1.97. The fourth-order valence-electron chi connectivity index (χ4n) is 0.620. The van der Waals surface area contributed by atoms with Gasteiger partial charge in [0.25, 0.3) is 0 Å². The zero-order valence-corrected chi connectivity index (χ0v) is 7.92. The van der Waals surface area contributed by atoms with Gasteiger partial charge in [-0.25, -0.2) is 0 Å². The Morgan fingerprint density at radius 2 is 2.17 bits per heavy atom. The van der Waals surface area contributed by atoms with E-state index >= 15 is 0 Å². The molecule has 0 spiro atoms. The van der Waals surface area contributed by atoms with E-state index in [0.717, 1.165) is 0 Å². The summed E-state index contributed by atoms with van der Waals surface area (Å²) in [5, 5.41) is 11.8. The summed E-state index contributed by atoms with van der Waals surface area (Å²) in [4.78, 5) is 11.1. The summed E-state index contributed by atoms with van der Waals surface area (Å²) in [7, 11) is 0. The molecule has 0 aliphatic rings. The van der Waals surface area contributed by atoms with E-state index in [0.29, 0.717) is 6.42 Å². The summed E-state index contributed by atoms with van der Waals surface area (Å²) in [5.74, 6) is -0.209. The standard InChI is InChI=1S/C8H18N2O2/c1-4-6(9)7(11)10-5-8(2,3)12/h6,12H,4-5,9H2,1-3H3,(H,10,11). The molecule has 0 saturated heterocycles. The number of carbonyl (C=O) groups excluding carboxylic acids is 1. The maximum absolute atomic E-state index is 11.1. The molecule has 0 aliphatic heterocycles. The van der Waals surface area contributed by atoms with Gasteiger partial charge in [-0.3, -0.25) is 4.79 Å². The van der Waals surface area contributed by atoms with Crippen LogP contribution in [-0.4, -0.2) is 29.2 Å². The summed E-state index contributed by atoms with van der Waals surface area (Å²) in [6, 6.07) is -0.465. The molecule has 0 aromatic heterocycles. The lowest BCUT2D eigenvalue weighted by molar-refractivity contribution is -0.123. The Bertz CT molecular complexity index is 152. The van der Waals surface area contributed by atoms with E-state index in [-0.39, 0.29) is 12.5 Å². The third-order valence-corrected chi connectivity index (χ3v) is 1.47. The maximum atomic E-state index is 11.1. The minimum atomic E-state index is -0.872. The Kier molecular flexibility index (Phi) is 4.20. The second-order valence-corrected chi connectivity index (χ2v) is 3.54. The zero-order valence-electron chi connectivity index (χ0n) is 7.92. The number of hydrogen-bond donors (Lipinski definition) is 3. The van der Waals surface area contributed by atoms with Gasteiger partial charge < -0.3 is 16.2 Å². The van der Waals surface area contributed by atoms with Crippen LogP contribution >= 0.6 is 0 Å². The molecule has 0 fully saturated rings. The molecule has 0 saturated carbocycles. The summed E-state index contributed by atoms with van der Waals surface area (Å²) in [6.45, 7) is 5.34. The molecule has 1 unspecified atom stereocenters. The molecule has 0 aromatic carbocycles. The molecule has 0 aromatic rings. The van der Waals surface area contributed by atoms with Crippen LogP contribution in [0.2, 0.25) is 0 Å². The predicted molar refractivity (Wildman–Crippen MR) is 47.6 cm³/mol. The fraction of sp³-hybridized carbons (Fsp3) is 0.875. The molecule has 4 heteroatoms. The smallest absolute Gasteiger partial charge is 0.237 e. The quantitative estimate of drug-likeness (QED) is 0.543. The van der Waals surface area contributed by atoms with Crippen molar-refractivity contribution in [2.24, 2.45) is 5.73 Å². The van der Waals surface area contributed by atoms with Gasteiger partial charge in [0.15, 0.2) is 0 Å². The van der Waals surface area contributed by atoms with E-state index < -0.39 is 11.6 Å². The van der Waals surface area contributed by atoms with E-state index in [1.165, 1.54) is 0 Å². The second-order valence-electron chi connectivity index (χ2n) is 3.54. The van der Waals surface area contributed by atoms with Crippen LogP contribution in [0.25, 0.3) is 0 Å². The number of nitrogens with one attached hydrogen (secondary N) is 1. The molecule has 4 N–H and O–H groups in total. The summed E-state index contributed by atoms with van der Waals surface area (Å²) in [5.41, 5.74) is 4.58. The normalized spacial score (nSPS) is 14.1. The SMILES string of the molecule is CCC(N)C(=O)NCC(C)(C)O. The monoisotopic (exact) mass is 174 g/mol. The molecule has 72 valence electrons. The number of hydrogen-bond acceptors (Lipinski definition) is 3. The molecule has 1 amide bonds. The second kappa shape index (κ2) is 4.42. The van der Waals surface area contributed by atoms with Gasteiger partial charge in [0.05, 0.1) is 11.6 Å². The molecule has 0 bridgehead atoms. The van der Waals surface area contributed by atoms with Gasteiger partial charge in [-0.15, -0.1) is 0 Å². The van der Waals surface area contributed by atoms with Gasteiger partial charge in [0.1, 0.15) is 0 Å². The van der Waals surface area contributed by atoms with Crippen molar-refractivity contribution in [2.75, 3.05) is 6.54 Å². The van der Waals surface area contributed by atoms with Crippen molar-refractivity contribution < 1.29 is 9.90 Å². The Hall–Kier alpha value is -0.610. The number of nitrogens with two attached hydrogens (primary N) is 1. The molecular formula is C8H18N2O2. The average molecular weight is 174 g/mol. The Labute approximate surface area is 73.1 Å². The third-order valence-electron chi connectivity index (χ3n) is 1.47. The summed E-state index contributed by atoms with van der Waals surface area (Å²) < 4.78 is 0. The molecule has 0 rings (SSSR count). The van der Waals surface area contributed by atoms with Crippen LogP contribution in [0.15, 0.2) is 0 Å². The Morgan fingerprint density at radius 1 is 1.67 bits per heavy atom. The van der Waals surface area contributed by atoms with Crippen molar-refractivity contribution in [3.8, 4) is 0 Å². The lowest BCUT2D eigenvalue weighted by Crippen LogP contribution is -2.45. The molecule has 12 heavy (non-hydrogen) atoms. The van der Waals surface area contributed by atoms with Crippen LogP contribution in [0.3, 0.4) is 0 Å². The van der Waals surface area contributed by atoms with E-state index in [1.54, 1.807) is 13.8 Å². The minimum absolute atomic E-state index is 0.209. The molecule has 4 nitrogen and oxygen atoms in total. The summed E-state index contributed by atoms with van der Waals surface area (Å²) in [6.07, 6.45) is 0.609. The van der Waals surface area contributed by atoms with Crippen molar-refractivity contribution in [1.29, 1.82) is 0 Å². The first-order chi connectivity index (χ1) is 5.37. The first kappa shape index (κ1) is 11.4. The number of amides is 1. The Morgan fingerprint density at radius 3 is 2.50 bits per heavy atom.